The van der Waals surface area contributed by atoms with Gasteiger partial charge in [-0.2, -0.15) is 16.3 Å². The van der Waals surface area contributed by atoms with Gasteiger partial charge in [-0.15, -0.1) is 0 Å². The van der Waals surface area contributed by atoms with E-state index < -0.39 is 123 Å². The molecule has 22 nitrogen and oxygen atoms in total. The summed E-state index contributed by atoms with van der Waals surface area (Å²) in [6, 6.07) is 14.8. The molecule has 3 saturated heterocycles. The molecule has 1 aromatic heterocycles. The van der Waals surface area contributed by atoms with Gasteiger partial charge < -0.3 is 104 Å². The zero-order valence-corrected chi connectivity index (χ0v) is 42.4. The van der Waals surface area contributed by atoms with E-state index in [9.17, 15) is 35.4 Å². The molecule has 19 atom stereocenters. The fourth-order valence-corrected chi connectivity index (χ4v) is 12.2. The van der Waals surface area contributed by atoms with Crippen LogP contribution in [-0.4, -0.2) is 192 Å². The zero-order chi connectivity index (χ0) is 52.1. The molecule has 0 bridgehead atoms. The summed E-state index contributed by atoms with van der Waals surface area (Å²) in [5.74, 6) is -0.268. The number of benzene rings is 2. The summed E-state index contributed by atoms with van der Waals surface area (Å²) in [5.41, 5.74) is 40.6. The fraction of sp³-hybridized carbons (Fsp3) is 0.633. The molecule has 1 saturated carbocycles. The Balaban J connectivity index is 0.862. The topological polar surface area (TPSA) is 369 Å². The minimum atomic E-state index is -1.55. The Morgan fingerprint density at radius 3 is 2.21 bits per heavy atom. The molecular weight excluding hydrogens is 987 g/mol. The van der Waals surface area contributed by atoms with E-state index in [2.05, 4.69) is 76.6 Å². The number of fused-ring (bicyclic) bond motifs is 2. The molecule has 8 rings (SSSR count). The van der Waals surface area contributed by atoms with Crippen molar-refractivity contribution in [2.24, 2.45) is 40.3 Å². The number of pyridine rings is 1. The van der Waals surface area contributed by atoms with Crippen molar-refractivity contribution in [1.82, 2.24) is 5.32 Å². The third-order valence-electron chi connectivity index (χ3n) is 14.5. The summed E-state index contributed by atoms with van der Waals surface area (Å²) in [6.45, 7) is 0.323. The van der Waals surface area contributed by atoms with Crippen LogP contribution in [0.3, 0.4) is 0 Å². The molecule has 1 amide bonds. The second-order valence-corrected chi connectivity index (χ2v) is 21.6. The molecule has 4 fully saturated rings. The maximum Gasteiger partial charge on any atom is 0.220 e. The SMILES string of the molecule is CN1/C(=C/c2cc[n+](CCCCC(=O)NCCSCC3OC(OC4C(O)[C@H](N)CC(N)[C@H]4O[C@H]4OC(CN)[C@@H](O)C(O)C4N)C(O)C3O[C@H]3OC(CN)[C@@H](O)C(CO)C3N)c3ccccc23)Sc2ccccc21. The van der Waals surface area contributed by atoms with Gasteiger partial charge in [0.25, 0.3) is 0 Å². The van der Waals surface area contributed by atoms with Crippen LogP contribution in [0.5, 0.6) is 0 Å². The first kappa shape index (κ1) is 56.1. The molecule has 4 aliphatic heterocycles. The summed E-state index contributed by atoms with van der Waals surface area (Å²) < 4.78 is 39.2. The van der Waals surface area contributed by atoms with E-state index in [1.165, 1.54) is 22.3 Å². The van der Waals surface area contributed by atoms with Gasteiger partial charge >= 0.3 is 0 Å². The average molecular weight is 1060 g/mol. The van der Waals surface area contributed by atoms with Crippen LogP contribution in [0.15, 0.2) is 70.7 Å². The first-order valence-electron chi connectivity index (χ1n) is 25.0. The van der Waals surface area contributed by atoms with Crippen LogP contribution in [-0.2, 0) is 39.8 Å². The average Bonchev–Trinajstić information content (AvgIpc) is 3.86. The van der Waals surface area contributed by atoms with Gasteiger partial charge in [0.2, 0.25) is 11.4 Å². The Kier molecular flexibility index (Phi) is 19.4. The van der Waals surface area contributed by atoms with Crippen LogP contribution in [0.1, 0.15) is 31.2 Å². The minimum Gasteiger partial charge on any atom is -0.396 e. The number of nitrogens with zero attached hydrogens (tertiary/aromatic N) is 2. The summed E-state index contributed by atoms with van der Waals surface area (Å²) in [6.07, 6.45) is -11.3. The lowest BCUT2D eigenvalue weighted by molar-refractivity contribution is -0.671. The van der Waals surface area contributed by atoms with Crippen LogP contribution in [0.4, 0.5) is 5.69 Å². The van der Waals surface area contributed by atoms with Gasteiger partial charge in [0, 0.05) is 86.1 Å². The van der Waals surface area contributed by atoms with E-state index in [1.807, 2.05) is 12.1 Å². The monoisotopic (exact) mass is 1060 g/mol. The number of carbonyl (C=O) groups excluding carboxylic acids is 1. The number of para-hydroxylation sites is 2. The fourth-order valence-electron chi connectivity index (χ4n) is 10.2. The van der Waals surface area contributed by atoms with Crippen molar-refractivity contribution in [3.05, 3.63) is 71.4 Å². The number of hydrogen-bond acceptors (Lipinski definition) is 22. The van der Waals surface area contributed by atoms with Crippen LogP contribution >= 0.6 is 23.5 Å². The number of ether oxygens (including phenoxy) is 6. The predicted molar refractivity (Wildman–Crippen MR) is 273 cm³/mol. The largest absolute Gasteiger partial charge is 0.396 e. The van der Waals surface area contributed by atoms with E-state index >= 15 is 0 Å². The highest BCUT2D eigenvalue weighted by Crippen LogP contribution is 2.46. The summed E-state index contributed by atoms with van der Waals surface area (Å²) in [7, 11) is 2.09. The second-order valence-electron chi connectivity index (χ2n) is 19.4. The lowest BCUT2D eigenvalue weighted by Crippen LogP contribution is -2.68. The molecular formula is C49H74N9O13S2+. The van der Waals surface area contributed by atoms with Gasteiger partial charge in [0.15, 0.2) is 25.1 Å². The Morgan fingerprint density at radius 1 is 0.795 bits per heavy atom. The number of rotatable bonds is 20. The van der Waals surface area contributed by atoms with Crippen molar-refractivity contribution in [2.45, 2.75) is 147 Å². The lowest BCUT2D eigenvalue weighted by Gasteiger charge is -2.47. The standard InChI is InChI=1S/C49H73N9O13S2/c1-57-30-10-4-5-11-34(30)73-36(57)18-24-13-16-58(29-9-3-2-8-25(24)29)15-7-6-12-35(60)56-14-17-72-23-33-45(70-47-37(54)26(22-59)39(61)31(20-50)66-47)43(65)49(68-33)71-46-40(62)27(52)19-28(53)44(46)69-48-38(55)42(64)41(63)32(21-51)67-48/h2-5,8-11,13,16,18,26-28,31-33,37-49,59,61-65H,6-7,12,14-15,17,19-23,50-55H2,1H3/p+1/t26?,27-,28?,31?,32?,33?,37?,38?,39+,40?,41-,42?,43?,44-,45?,46?,47-,48-,49?/m1/s1. The van der Waals surface area contributed by atoms with Gasteiger partial charge in [-0.05, 0) is 42.7 Å². The summed E-state index contributed by atoms with van der Waals surface area (Å²) in [5, 5.41) is 70.6. The highest BCUT2D eigenvalue weighted by molar-refractivity contribution is 8.03. The van der Waals surface area contributed by atoms with E-state index in [0.29, 0.717) is 25.1 Å². The van der Waals surface area contributed by atoms with Gasteiger partial charge in [0.05, 0.1) is 59.2 Å². The van der Waals surface area contributed by atoms with Crippen molar-refractivity contribution < 1.29 is 68.4 Å². The summed E-state index contributed by atoms with van der Waals surface area (Å²) >= 11 is 3.17. The van der Waals surface area contributed by atoms with Crippen molar-refractivity contribution in [1.29, 1.82) is 0 Å². The molecule has 1 aliphatic carbocycles. The number of aliphatic hydroxyl groups is 6. The van der Waals surface area contributed by atoms with Crippen molar-refractivity contribution >= 4 is 52.1 Å². The molecule has 0 radical (unpaired) electrons. The molecule has 5 heterocycles. The maximum absolute atomic E-state index is 13.0. The number of unbranched alkanes of at least 4 members (excludes halogenated alkanes) is 1. The third kappa shape index (κ3) is 12.5. The number of anilines is 1. The summed E-state index contributed by atoms with van der Waals surface area (Å²) in [4.78, 5) is 16.5. The smallest absolute Gasteiger partial charge is 0.220 e. The molecule has 3 aromatic rings. The molecule has 5 aliphatic rings. The van der Waals surface area contributed by atoms with Gasteiger partial charge in [-0.3, -0.25) is 4.79 Å². The molecule has 2 aromatic carbocycles. The molecule has 13 unspecified atom stereocenters. The number of aliphatic hydroxyl groups excluding tert-OH is 6. The Bertz CT molecular complexity index is 2330. The predicted octanol–water partition coefficient (Wildman–Crippen LogP) is -2.94. The number of thioether (sulfide) groups is 2. The highest BCUT2D eigenvalue weighted by atomic mass is 32.2. The second kappa shape index (κ2) is 25.3. The number of aromatic nitrogens is 1. The van der Waals surface area contributed by atoms with Gasteiger partial charge in [-0.25, -0.2) is 0 Å². The van der Waals surface area contributed by atoms with Gasteiger partial charge in [0.1, 0.15) is 49.3 Å². The van der Waals surface area contributed by atoms with Crippen molar-refractivity contribution in [2.75, 3.05) is 49.7 Å². The van der Waals surface area contributed by atoms with E-state index in [4.69, 9.17) is 62.8 Å². The normalized spacial score (nSPS) is 37.2. The van der Waals surface area contributed by atoms with E-state index in [1.54, 1.807) is 11.8 Å². The highest BCUT2D eigenvalue weighted by Gasteiger charge is 2.54. The molecule has 24 heteroatoms. The number of nitrogens with two attached hydrogens (primary N) is 6. The third-order valence-corrected chi connectivity index (χ3v) is 16.7. The number of nitrogens with one attached hydrogen (secondary N) is 1. The first-order chi connectivity index (χ1) is 35.1. The Hall–Kier alpha value is -3.16. The minimum absolute atomic E-state index is 0.0830. The molecule has 73 heavy (non-hydrogen) atoms. The first-order valence-corrected chi connectivity index (χ1v) is 26.9. The number of aryl methyl sites for hydroxylation is 1. The molecule has 404 valence electrons. The van der Waals surface area contributed by atoms with Crippen molar-refractivity contribution in [3.63, 3.8) is 0 Å². The van der Waals surface area contributed by atoms with Crippen LogP contribution in [0, 0.1) is 5.92 Å². The van der Waals surface area contributed by atoms with Crippen LogP contribution in [0.25, 0.3) is 17.0 Å². The van der Waals surface area contributed by atoms with Crippen LogP contribution < -0.4 is 49.2 Å². The number of hydrogen-bond donors (Lipinski definition) is 13. The van der Waals surface area contributed by atoms with E-state index in [0.717, 1.165) is 34.5 Å². The van der Waals surface area contributed by atoms with Crippen LogP contribution in [0.2, 0.25) is 0 Å². The van der Waals surface area contributed by atoms with Gasteiger partial charge in [-0.1, -0.05) is 36.0 Å². The lowest BCUT2D eigenvalue weighted by atomic mass is 9.84. The molecule has 19 N–H and O–H groups in total. The van der Waals surface area contributed by atoms with E-state index in [-0.39, 0.29) is 31.2 Å². The van der Waals surface area contributed by atoms with Crippen molar-refractivity contribution in [3.8, 4) is 0 Å². The number of amides is 1. The Morgan fingerprint density at radius 2 is 1.47 bits per heavy atom. The zero-order valence-electron chi connectivity index (χ0n) is 40.8. The quantitative estimate of drug-likeness (QED) is 0.0398. The number of carbonyl (C=O) groups is 1. The maximum atomic E-state index is 13.0. The Labute approximate surface area is 432 Å². The molecule has 0 spiro atoms.